The molecule has 0 atom stereocenters. The van der Waals surface area contributed by atoms with E-state index in [1.165, 1.54) is 10.7 Å². The van der Waals surface area contributed by atoms with Crippen molar-refractivity contribution < 1.29 is 9.53 Å². The highest BCUT2D eigenvalue weighted by Gasteiger charge is 2.12. The number of rotatable bonds is 5. The Kier molecular flexibility index (Phi) is 5.49. The van der Waals surface area contributed by atoms with Crippen LogP contribution in [-0.2, 0) is 11.3 Å². The van der Waals surface area contributed by atoms with Gasteiger partial charge < -0.3 is 4.74 Å². The van der Waals surface area contributed by atoms with Gasteiger partial charge in [0.1, 0.15) is 0 Å². The molecule has 0 radical (unpaired) electrons. The Hall–Kier alpha value is -2.92. The second-order valence-corrected chi connectivity index (χ2v) is 6.01. The van der Waals surface area contributed by atoms with Crippen LogP contribution in [0.1, 0.15) is 22.8 Å². The molecular weight excluding hydrogens is 352 g/mol. The first-order valence-corrected chi connectivity index (χ1v) is 8.55. The van der Waals surface area contributed by atoms with Crippen molar-refractivity contribution in [3.8, 4) is 11.1 Å². The minimum atomic E-state index is -0.395. The summed E-state index contributed by atoms with van der Waals surface area (Å²) in [7, 11) is 0. The van der Waals surface area contributed by atoms with Crippen molar-refractivity contribution >= 4 is 17.6 Å². The number of hydrogen-bond acceptors (Lipinski definition) is 4. The zero-order valence-corrected chi connectivity index (χ0v) is 14.9. The predicted octanol–water partition coefficient (Wildman–Crippen LogP) is 3.79. The highest BCUT2D eigenvalue weighted by atomic mass is 35.5. The molecule has 0 saturated carbocycles. The SMILES string of the molecule is CCOC(=O)c1ccc(-c2cc(Cl)nn(Cc3ccccc3)c2=O)cc1. The normalized spacial score (nSPS) is 10.5. The van der Waals surface area contributed by atoms with E-state index in [0.717, 1.165) is 5.56 Å². The molecule has 2 aromatic carbocycles. The molecule has 0 N–H and O–H groups in total. The van der Waals surface area contributed by atoms with E-state index in [0.29, 0.717) is 29.8 Å². The number of aromatic nitrogens is 2. The topological polar surface area (TPSA) is 61.2 Å². The maximum atomic E-state index is 12.8. The van der Waals surface area contributed by atoms with Gasteiger partial charge in [0.15, 0.2) is 5.15 Å². The van der Waals surface area contributed by atoms with Gasteiger partial charge in [-0.3, -0.25) is 4.79 Å². The van der Waals surface area contributed by atoms with Gasteiger partial charge in [0.05, 0.1) is 24.3 Å². The van der Waals surface area contributed by atoms with Crippen molar-refractivity contribution in [3.05, 3.63) is 87.3 Å². The van der Waals surface area contributed by atoms with Gasteiger partial charge in [0.25, 0.3) is 5.56 Å². The molecule has 1 aromatic heterocycles. The van der Waals surface area contributed by atoms with Crippen molar-refractivity contribution in [1.82, 2.24) is 9.78 Å². The van der Waals surface area contributed by atoms with Crippen molar-refractivity contribution in [2.24, 2.45) is 0 Å². The van der Waals surface area contributed by atoms with Crippen LogP contribution >= 0.6 is 11.6 Å². The molecule has 0 amide bonds. The maximum absolute atomic E-state index is 12.8. The molecule has 3 rings (SSSR count). The summed E-state index contributed by atoms with van der Waals surface area (Å²) < 4.78 is 6.31. The second-order valence-electron chi connectivity index (χ2n) is 5.63. The van der Waals surface area contributed by atoms with E-state index in [4.69, 9.17) is 16.3 Å². The molecule has 0 saturated heterocycles. The minimum Gasteiger partial charge on any atom is -0.462 e. The first-order valence-electron chi connectivity index (χ1n) is 8.17. The fraction of sp³-hybridized carbons (Fsp3) is 0.150. The van der Waals surface area contributed by atoms with Gasteiger partial charge in [0.2, 0.25) is 0 Å². The molecule has 0 fully saturated rings. The van der Waals surface area contributed by atoms with Crippen LogP contribution in [0.15, 0.2) is 65.5 Å². The summed E-state index contributed by atoms with van der Waals surface area (Å²) in [5, 5.41) is 4.35. The summed E-state index contributed by atoms with van der Waals surface area (Å²) in [6.07, 6.45) is 0. The van der Waals surface area contributed by atoms with Crippen LogP contribution < -0.4 is 5.56 Å². The highest BCUT2D eigenvalue weighted by molar-refractivity contribution is 6.29. The van der Waals surface area contributed by atoms with Crippen LogP contribution in [0.2, 0.25) is 5.15 Å². The van der Waals surface area contributed by atoms with E-state index in [2.05, 4.69) is 5.10 Å². The van der Waals surface area contributed by atoms with Crippen LogP contribution in [0.5, 0.6) is 0 Å². The second kappa shape index (κ2) is 7.97. The largest absolute Gasteiger partial charge is 0.462 e. The fourth-order valence-corrected chi connectivity index (χ4v) is 2.78. The number of carbonyl (C=O) groups is 1. The van der Waals surface area contributed by atoms with Crippen LogP contribution in [0.4, 0.5) is 0 Å². The Balaban J connectivity index is 1.95. The van der Waals surface area contributed by atoms with Crippen molar-refractivity contribution in [2.45, 2.75) is 13.5 Å². The molecular formula is C20H17ClN2O3. The summed E-state index contributed by atoms with van der Waals surface area (Å²) >= 11 is 6.12. The number of nitrogens with zero attached hydrogens (tertiary/aromatic N) is 2. The Labute approximate surface area is 155 Å². The smallest absolute Gasteiger partial charge is 0.338 e. The minimum absolute atomic E-state index is 0.227. The molecule has 5 nitrogen and oxygen atoms in total. The average molecular weight is 369 g/mol. The monoisotopic (exact) mass is 368 g/mol. The quantitative estimate of drug-likeness (QED) is 0.643. The van der Waals surface area contributed by atoms with E-state index < -0.39 is 5.97 Å². The number of benzene rings is 2. The molecule has 132 valence electrons. The standard InChI is InChI=1S/C20H17ClN2O3/c1-2-26-20(25)16-10-8-15(9-11-16)17-12-18(21)22-23(19(17)24)13-14-6-4-3-5-7-14/h3-12H,2,13H2,1H3. The molecule has 26 heavy (non-hydrogen) atoms. The van der Waals surface area contributed by atoms with Gasteiger partial charge >= 0.3 is 5.97 Å². The Morgan fingerprint density at radius 2 is 1.81 bits per heavy atom. The molecule has 0 spiro atoms. The van der Waals surface area contributed by atoms with Gasteiger partial charge in [0, 0.05) is 0 Å². The third kappa shape index (κ3) is 4.00. The number of halogens is 1. The van der Waals surface area contributed by atoms with Gasteiger partial charge in [-0.2, -0.15) is 5.10 Å². The van der Waals surface area contributed by atoms with Crippen molar-refractivity contribution in [1.29, 1.82) is 0 Å². The molecule has 6 heteroatoms. The molecule has 0 unspecified atom stereocenters. The summed E-state index contributed by atoms with van der Waals surface area (Å²) in [5.74, 6) is -0.395. The summed E-state index contributed by atoms with van der Waals surface area (Å²) in [5.41, 5.74) is 2.22. The summed E-state index contributed by atoms with van der Waals surface area (Å²) in [6.45, 7) is 2.39. The lowest BCUT2D eigenvalue weighted by Gasteiger charge is -2.09. The fourth-order valence-electron chi connectivity index (χ4n) is 2.58. The van der Waals surface area contributed by atoms with E-state index in [-0.39, 0.29) is 10.7 Å². The Bertz CT molecular complexity index is 967. The van der Waals surface area contributed by atoms with Gasteiger partial charge in [-0.25, -0.2) is 9.48 Å². The van der Waals surface area contributed by atoms with Crippen LogP contribution in [0, 0.1) is 0 Å². The first kappa shape index (κ1) is 17.9. The number of hydrogen-bond donors (Lipinski definition) is 0. The molecule has 0 aliphatic heterocycles. The van der Waals surface area contributed by atoms with Gasteiger partial charge in [-0.1, -0.05) is 54.1 Å². The first-order chi connectivity index (χ1) is 12.6. The van der Waals surface area contributed by atoms with E-state index in [1.807, 2.05) is 30.3 Å². The third-order valence-electron chi connectivity index (χ3n) is 3.83. The molecule has 3 aromatic rings. The number of esters is 1. The molecule has 1 heterocycles. The van der Waals surface area contributed by atoms with E-state index >= 15 is 0 Å². The summed E-state index contributed by atoms with van der Waals surface area (Å²) in [4.78, 5) is 24.5. The molecule has 0 aliphatic rings. The van der Waals surface area contributed by atoms with Crippen LogP contribution in [0.25, 0.3) is 11.1 Å². The van der Waals surface area contributed by atoms with E-state index in [1.54, 1.807) is 31.2 Å². The zero-order chi connectivity index (χ0) is 18.5. The van der Waals surface area contributed by atoms with Crippen molar-refractivity contribution in [3.63, 3.8) is 0 Å². The number of carbonyl (C=O) groups excluding carboxylic acids is 1. The van der Waals surface area contributed by atoms with E-state index in [9.17, 15) is 9.59 Å². The van der Waals surface area contributed by atoms with Crippen molar-refractivity contribution in [2.75, 3.05) is 6.61 Å². The van der Waals surface area contributed by atoms with Gasteiger partial charge in [-0.05, 0) is 36.2 Å². The number of ether oxygens (including phenoxy) is 1. The maximum Gasteiger partial charge on any atom is 0.338 e. The molecule has 0 aliphatic carbocycles. The van der Waals surface area contributed by atoms with Gasteiger partial charge in [-0.15, -0.1) is 0 Å². The predicted molar refractivity (Wildman–Crippen MR) is 100 cm³/mol. The van der Waals surface area contributed by atoms with Crippen LogP contribution in [0.3, 0.4) is 0 Å². The Morgan fingerprint density at radius 3 is 2.46 bits per heavy atom. The lowest BCUT2D eigenvalue weighted by Crippen LogP contribution is -2.25. The Morgan fingerprint density at radius 1 is 1.12 bits per heavy atom. The summed E-state index contributed by atoms with van der Waals surface area (Å²) in [6, 6.07) is 17.7. The molecule has 0 bridgehead atoms. The third-order valence-corrected chi connectivity index (χ3v) is 4.01. The lowest BCUT2D eigenvalue weighted by atomic mass is 10.1. The van der Waals surface area contributed by atoms with Crippen LogP contribution in [-0.4, -0.2) is 22.4 Å². The lowest BCUT2D eigenvalue weighted by molar-refractivity contribution is 0.0526. The zero-order valence-electron chi connectivity index (χ0n) is 14.2. The highest BCUT2D eigenvalue weighted by Crippen LogP contribution is 2.19. The average Bonchev–Trinajstić information content (AvgIpc) is 2.65.